The van der Waals surface area contributed by atoms with E-state index in [4.69, 9.17) is 11.1 Å². The summed E-state index contributed by atoms with van der Waals surface area (Å²) in [6.07, 6.45) is 2.14. The van der Waals surface area contributed by atoms with Gasteiger partial charge in [-0.2, -0.15) is 0 Å². The molecule has 0 radical (unpaired) electrons. The van der Waals surface area contributed by atoms with Gasteiger partial charge in [0.05, 0.1) is 5.84 Å². The highest BCUT2D eigenvalue weighted by atomic mass is 79.9. The highest BCUT2D eigenvalue weighted by molar-refractivity contribution is 9.10. The second-order valence-corrected chi connectivity index (χ2v) is 2.91. The molecular formula is C7H8BrN3. The maximum absolute atomic E-state index is 7.06. The Hall–Kier alpha value is -0.900. The molecule has 4 heteroatoms. The fourth-order valence-electron chi connectivity index (χ4n) is 0.756. The Morgan fingerprint density at radius 3 is 3.00 bits per heavy atom. The summed E-state index contributed by atoms with van der Waals surface area (Å²) in [7, 11) is 0. The number of pyridine rings is 1. The zero-order chi connectivity index (χ0) is 8.27. The average molecular weight is 214 g/mol. The van der Waals surface area contributed by atoms with Gasteiger partial charge in [-0.3, -0.25) is 5.41 Å². The van der Waals surface area contributed by atoms with Gasteiger partial charge in [0.2, 0.25) is 0 Å². The smallest absolute Gasteiger partial charge is 0.109 e. The zero-order valence-electron chi connectivity index (χ0n) is 5.84. The first kappa shape index (κ1) is 8.20. The Kier molecular flexibility index (Phi) is 2.59. The molecule has 1 aromatic heterocycles. The van der Waals surface area contributed by atoms with Gasteiger partial charge in [0, 0.05) is 12.6 Å². The van der Waals surface area contributed by atoms with Gasteiger partial charge < -0.3 is 5.73 Å². The van der Waals surface area contributed by atoms with E-state index in [0.717, 1.165) is 10.2 Å². The van der Waals surface area contributed by atoms with E-state index in [1.165, 1.54) is 0 Å². The molecule has 0 bridgehead atoms. The van der Waals surface area contributed by atoms with Crippen LogP contribution in [-0.4, -0.2) is 10.8 Å². The second kappa shape index (κ2) is 3.48. The molecule has 1 aromatic rings. The van der Waals surface area contributed by atoms with Crippen LogP contribution in [0.1, 0.15) is 5.56 Å². The lowest BCUT2D eigenvalue weighted by Gasteiger charge is -1.99. The molecule has 0 amide bonds. The summed E-state index contributed by atoms with van der Waals surface area (Å²) in [5.41, 5.74) is 6.17. The van der Waals surface area contributed by atoms with E-state index in [1.54, 1.807) is 6.20 Å². The summed E-state index contributed by atoms with van der Waals surface area (Å²) >= 11 is 3.26. The number of rotatable bonds is 2. The van der Waals surface area contributed by atoms with Gasteiger partial charge in [0.15, 0.2) is 0 Å². The molecule has 3 nitrogen and oxygen atoms in total. The number of hydrogen-bond acceptors (Lipinski definition) is 2. The van der Waals surface area contributed by atoms with E-state index >= 15 is 0 Å². The average Bonchev–Trinajstić information content (AvgIpc) is 1.93. The van der Waals surface area contributed by atoms with Gasteiger partial charge in [0.1, 0.15) is 4.60 Å². The predicted octanol–water partition coefficient (Wildman–Crippen LogP) is 1.32. The molecule has 58 valence electrons. The topological polar surface area (TPSA) is 62.8 Å². The minimum atomic E-state index is 0.152. The van der Waals surface area contributed by atoms with Crippen LogP contribution in [0.3, 0.4) is 0 Å². The number of nitrogens with one attached hydrogen (secondary N) is 1. The molecule has 3 N–H and O–H groups in total. The van der Waals surface area contributed by atoms with Crippen molar-refractivity contribution >= 4 is 21.8 Å². The lowest BCUT2D eigenvalue weighted by molar-refractivity contribution is 1.15. The Bertz CT molecular complexity index is 272. The van der Waals surface area contributed by atoms with Gasteiger partial charge in [-0.1, -0.05) is 6.07 Å². The van der Waals surface area contributed by atoms with Gasteiger partial charge in [0.25, 0.3) is 0 Å². The first-order valence-electron chi connectivity index (χ1n) is 3.12. The highest BCUT2D eigenvalue weighted by Crippen LogP contribution is 2.12. The molecule has 11 heavy (non-hydrogen) atoms. The summed E-state index contributed by atoms with van der Waals surface area (Å²) in [6.45, 7) is 0. The third-order valence-electron chi connectivity index (χ3n) is 1.22. The SMILES string of the molecule is N=C(N)Cc1cccnc1Br. The molecule has 0 aliphatic rings. The van der Waals surface area contributed by atoms with E-state index < -0.39 is 0 Å². The van der Waals surface area contributed by atoms with Crippen molar-refractivity contribution in [1.29, 1.82) is 5.41 Å². The molecule has 0 unspecified atom stereocenters. The van der Waals surface area contributed by atoms with Crippen molar-refractivity contribution in [2.24, 2.45) is 5.73 Å². The van der Waals surface area contributed by atoms with Crippen LogP contribution < -0.4 is 5.73 Å². The Balaban J connectivity index is 2.86. The normalized spacial score (nSPS) is 9.55. The van der Waals surface area contributed by atoms with Crippen molar-refractivity contribution < 1.29 is 0 Å². The molecule has 0 fully saturated rings. The van der Waals surface area contributed by atoms with Crippen molar-refractivity contribution in [3.8, 4) is 0 Å². The van der Waals surface area contributed by atoms with Gasteiger partial charge in [-0.25, -0.2) is 4.98 Å². The summed E-state index contributed by atoms with van der Waals surface area (Å²) in [6, 6.07) is 3.71. The van der Waals surface area contributed by atoms with E-state index in [1.807, 2.05) is 12.1 Å². The van der Waals surface area contributed by atoms with Crippen molar-refractivity contribution in [2.45, 2.75) is 6.42 Å². The first-order chi connectivity index (χ1) is 5.20. The van der Waals surface area contributed by atoms with Crippen LogP contribution in [-0.2, 0) is 6.42 Å². The van der Waals surface area contributed by atoms with Crippen molar-refractivity contribution in [2.75, 3.05) is 0 Å². The Morgan fingerprint density at radius 1 is 1.73 bits per heavy atom. The van der Waals surface area contributed by atoms with Gasteiger partial charge >= 0.3 is 0 Å². The molecular weight excluding hydrogens is 206 g/mol. The van der Waals surface area contributed by atoms with Crippen LogP contribution in [0, 0.1) is 5.41 Å². The molecule has 0 aromatic carbocycles. The van der Waals surface area contributed by atoms with Crippen molar-refractivity contribution in [1.82, 2.24) is 4.98 Å². The van der Waals surface area contributed by atoms with Crippen LogP contribution in [0.15, 0.2) is 22.9 Å². The minimum Gasteiger partial charge on any atom is -0.387 e. The fraction of sp³-hybridized carbons (Fsp3) is 0.143. The van der Waals surface area contributed by atoms with E-state index in [9.17, 15) is 0 Å². The largest absolute Gasteiger partial charge is 0.387 e. The second-order valence-electron chi connectivity index (χ2n) is 2.16. The lowest BCUT2D eigenvalue weighted by atomic mass is 10.2. The number of nitrogens with two attached hydrogens (primary N) is 1. The number of amidine groups is 1. The quantitative estimate of drug-likeness (QED) is 0.443. The van der Waals surface area contributed by atoms with E-state index in [-0.39, 0.29) is 5.84 Å². The maximum Gasteiger partial charge on any atom is 0.109 e. The first-order valence-corrected chi connectivity index (χ1v) is 3.91. The number of halogens is 1. The third-order valence-corrected chi connectivity index (χ3v) is 1.93. The van der Waals surface area contributed by atoms with E-state index in [2.05, 4.69) is 20.9 Å². The van der Waals surface area contributed by atoms with Crippen LogP contribution in [0.4, 0.5) is 0 Å². The summed E-state index contributed by atoms with van der Waals surface area (Å²) in [5.74, 6) is 0.152. The molecule has 0 aliphatic heterocycles. The maximum atomic E-state index is 7.06. The zero-order valence-corrected chi connectivity index (χ0v) is 7.43. The number of aromatic nitrogens is 1. The number of hydrogen-bond donors (Lipinski definition) is 2. The van der Waals surface area contributed by atoms with Crippen LogP contribution in [0.2, 0.25) is 0 Å². The van der Waals surface area contributed by atoms with Crippen LogP contribution >= 0.6 is 15.9 Å². The fourth-order valence-corrected chi connectivity index (χ4v) is 1.15. The molecule has 0 aliphatic carbocycles. The summed E-state index contributed by atoms with van der Waals surface area (Å²) in [4.78, 5) is 4.00. The van der Waals surface area contributed by atoms with Crippen molar-refractivity contribution in [3.63, 3.8) is 0 Å². The monoisotopic (exact) mass is 213 g/mol. The Labute approximate surface area is 73.3 Å². The Morgan fingerprint density at radius 2 is 2.45 bits per heavy atom. The summed E-state index contributed by atoms with van der Waals surface area (Å²) in [5, 5.41) is 7.06. The molecule has 1 heterocycles. The molecule has 1 rings (SSSR count). The third kappa shape index (κ3) is 2.31. The molecule has 0 saturated heterocycles. The minimum absolute atomic E-state index is 0.152. The van der Waals surface area contributed by atoms with Crippen molar-refractivity contribution in [3.05, 3.63) is 28.5 Å². The van der Waals surface area contributed by atoms with E-state index in [0.29, 0.717) is 6.42 Å². The van der Waals surface area contributed by atoms with Crippen LogP contribution in [0.25, 0.3) is 0 Å². The van der Waals surface area contributed by atoms with Gasteiger partial charge in [-0.15, -0.1) is 0 Å². The standard InChI is InChI=1S/C7H8BrN3/c8-7-5(4-6(9)10)2-1-3-11-7/h1-3H,4H2,(H3,9,10). The predicted molar refractivity (Wildman–Crippen MR) is 47.6 cm³/mol. The molecule has 0 spiro atoms. The van der Waals surface area contributed by atoms with Gasteiger partial charge in [-0.05, 0) is 27.6 Å². The lowest BCUT2D eigenvalue weighted by Crippen LogP contribution is -2.13. The molecule has 0 atom stereocenters. The summed E-state index contributed by atoms with van der Waals surface area (Å²) < 4.78 is 0.759. The molecule has 0 saturated carbocycles. The number of nitrogens with zero attached hydrogens (tertiary/aromatic N) is 1. The highest BCUT2D eigenvalue weighted by Gasteiger charge is 1.99. The van der Waals surface area contributed by atoms with Crippen LogP contribution in [0.5, 0.6) is 0 Å².